The largest absolute Gasteiger partial charge is 0.376 e. The number of terminal acetylenes is 1. The van der Waals surface area contributed by atoms with E-state index in [1.54, 1.807) is 4.90 Å². The minimum atomic E-state index is -1.09. The number of β-amino-alcohol motifs (C(OH)–C–C–N with tert-alkyl or cyclic N) is 1. The predicted molar refractivity (Wildman–Crippen MR) is 53.4 cm³/mol. The summed E-state index contributed by atoms with van der Waals surface area (Å²) in [7, 11) is 0. The molecule has 1 N–H and O–H groups in total. The van der Waals surface area contributed by atoms with Crippen molar-refractivity contribution in [3.63, 3.8) is 0 Å². The first kappa shape index (κ1) is 10.4. The molecule has 1 fully saturated rings. The van der Waals surface area contributed by atoms with Crippen LogP contribution < -0.4 is 0 Å². The molecule has 13 heavy (non-hydrogen) atoms. The van der Waals surface area contributed by atoms with Crippen molar-refractivity contribution in [2.75, 3.05) is 25.1 Å². The normalized spacial score (nSPS) is 27.3. The van der Waals surface area contributed by atoms with Gasteiger partial charge in [-0.1, -0.05) is 5.92 Å². The number of hydrogen-bond acceptors (Lipinski definition) is 3. The Morgan fingerprint density at radius 2 is 2.54 bits per heavy atom. The van der Waals surface area contributed by atoms with Gasteiger partial charge in [0, 0.05) is 13.0 Å². The lowest BCUT2D eigenvalue weighted by Crippen LogP contribution is -2.35. The molecule has 1 aliphatic rings. The van der Waals surface area contributed by atoms with Gasteiger partial charge in [-0.25, -0.2) is 0 Å². The molecule has 0 aromatic heterocycles. The van der Waals surface area contributed by atoms with Crippen LogP contribution in [0.15, 0.2) is 0 Å². The Hall–Kier alpha value is -0.660. The average molecular weight is 199 g/mol. The van der Waals surface area contributed by atoms with E-state index in [-0.39, 0.29) is 12.5 Å². The minimum Gasteiger partial charge on any atom is -0.376 e. The molecule has 72 valence electrons. The number of carbonyl (C=O) groups excluding carboxylic acids is 1. The molecule has 0 aromatic carbocycles. The van der Waals surface area contributed by atoms with Crippen molar-refractivity contribution in [1.82, 2.24) is 4.90 Å². The Labute approximate surface area is 82.5 Å². The van der Waals surface area contributed by atoms with Crippen LogP contribution in [-0.2, 0) is 4.79 Å². The van der Waals surface area contributed by atoms with Crippen molar-refractivity contribution in [2.24, 2.45) is 0 Å². The molecule has 0 saturated carbocycles. The van der Waals surface area contributed by atoms with Gasteiger partial charge in [0.1, 0.15) is 5.60 Å². The molecule has 1 rings (SSSR count). The highest BCUT2D eigenvalue weighted by Crippen LogP contribution is 2.20. The summed E-state index contributed by atoms with van der Waals surface area (Å²) in [4.78, 5) is 13.0. The maximum Gasteiger partial charge on any atom is 0.232 e. The average Bonchev–Trinajstić information content (AvgIpc) is 2.50. The van der Waals surface area contributed by atoms with Crippen molar-refractivity contribution in [2.45, 2.75) is 12.0 Å². The zero-order valence-electron chi connectivity index (χ0n) is 7.62. The summed E-state index contributed by atoms with van der Waals surface area (Å²) < 4.78 is 0. The molecule has 1 aliphatic heterocycles. The predicted octanol–water partition coefficient (Wildman–Crippen LogP) is -0.0540. The second-order valence-corrected chi connectivity index (χ2v) is 4.04. The number of hydrogen-bond donors (Lipinski definition) is 1. The fourth-order valence-corrected chi connectivity index (χ4v) is 1.77. The first-order valence-electron chi connectivity index (χ1n) is 4.08. The molecule has 1 saturated heterocycles. The van der Waals surface area contributed by atoms with Gasteiger partial charge in [-0.05, 0) is 6.26 Å². The molecule has 1 atom stereocenters. The lowest BCUT2D eigenvalue weighted by molar-refractivity contribution is -0.127. The number of amides is 1. The highest BCUT2D eigenvalue weighted by atomic mass is 32.2. The fraction of sp³-hybridized carbons (Fsp3) is 0.667. The van der Waals surface area contributed by atoms with Gasteiger partial charge < -0.3 is 10.0 Å². The van der Waals surface area contributed by atoms with E-state index < -0.39 is 5.60 Å². The van der Waals surface area contributed by atoms with Crippen molar-refractivity contribution in [3.8, 4) is 12.3 Å². The maximum atomic E-state index is 11.4. The third-order valence-corrected chi connectivity index (χ3v) is 2.67. The molecule has 3 nitrogen and oxygen atoms in total. The summed E-state index contributed by atoms with van der Waals surface area (Å²) in [5.41, 5.74) is -1.09. The SMILES string of the molecule is C#CC1(O)CCN(C(=O)CSC)C1. The molecule has 0 aromatic rings. The molecular weight excluding hydrogens is 186 g/mol. The fourth-order valence-electron chi connectivity index (χ4n) is 1.34. The third-order valence-electron chi connectivity index (χ3n) is 2.14. The first-order chi connectivity index (χ1) is 6.11. The molecule has 0 aliphatic carbocycles. The van der Waals surface area contributed by atoms with Crippen LogP contribution in [0.4, 0.5) is 0 Å². The summed E-state index contributed by atoms with van der Waals surface area (Å²) in [5, 5.41) is 9.65. The number of carbonyl (C=O) groups is 1. The van der Waals surface area contributed by atoms with Crippen molar-refractivity contribution < 1.29 is 9.90 Å². The molecule has 1 amide bonds. The second-order valence-electron chi connectivity index (χ2n) is 3.17. The van der Waals surface area contributed by atoms with Gasteiger partial charge in [0.25, 0.3) is 0 Å². The van der Waals surface area contributed by atoms with E-state index in [2.05, 4.69) is 5.92 Å². The Morgan fingerprint density at radius 1 is 1.85 bits per heavy atom. The van der Waals surface area contributed by atoms with Gasteiger partial charge in [0.05, 0.1) is 12.3 Å². The van der Waals surface area contributed by atoms with Gasteiger partial charge in [0.15, 0.2) is 0 Å². The number of likely N-dealkylation sites (tertiary alicyclic amines) is 1. The summed E-state index contributed by atoms with van der Waals surface area (Å²) in [6.07, 6.45) is 7.53. The van der Waals surface area contributed by atoms with Crippen LogP contribution >= 0.6 is 11.8 Å². The maximum absolute atomic E-state index is 11.4. The van der Waals surface area contributed by atoms with E-state index in [0.717, 1.165) is 0 Å². The van der Waals surface area contributed by atoms with Crippen LogP contribution in [-0.4, -0.2) is 46.6 Å². The van der Waals surface area contributed by atoms with Crippen LogP contribution in [0, 0.1) is 12.3 Å². The number of rotatable bonds is 2. The van der Waals surface area contributed by atoms with Gasteiger partial charge in [-0.2, -0.15) is 11.8 Å². The quantitative estimate of drug-likeness (QED) is 0.634. The summed E-state index contributed by atoms with van der Waals surface area (Å²) in [5.74, 6) is 2.84. The van der Waals surface area contributed by atoms with E-state index in [0.29, 0.717) is 18.7 Å². The van der Waals surface area contributed by atoms with E-state index in [9.17, 15) is 9.90 Å². The Morgan fingerprint density at radius 3 is 3.00 bits per heavy atom. The Bertz CT molecular complexity index is 248. The first-order valence-corrected chi connectivity index (χ1v) is 5.47. The van der Waals surface area contributed by atoms with E-state index in [1.165, 1.54) is 11.8 Å². The molecule has 0 spiro atoms. The second kappa shape index (κ2) is 4.03. The number of thioether (sulfide) groups is 1. The van der Waals surface area contributed by atoms with Crippen LogP contribution in [0.5, 0.6) is 0 Å². The number of nitrogens with zero attached hydrogens (tertiary/aromatic N) is 1. The van der Waals surface area contributed by atoms with Gasteiger partial charge in [-0.3, -0.25) is 4.79 Å². The van der Waals surface area contributed by atoms with Gasteiger partial charge in [-0.15, -0.1) is 6.42 Å². The van der Waals surface area contributed by atoms with Crippen LogP contribution in [0.3, 0.4) is 0 Å². The Kier molecular flexibility index (Phi) is 3.23. The highest BCUT2D eigenvalue weighted by Gasteiger charge is 2.36. The molecule has 4 heteroatoms. The Balaban J connectivity index is 2.51. The van der Waals surface area contributed by atoms with Crippen LogP contribution in [0.2, 0.25) is 0 Å². The highest BCUT2D eigenvalue weighted by molar-refractivity contribution is 7.99. The van der Waals surface area contributed by atoms with Crippen molar-refractivity contribution in [1.29, 1.82) is 0 Å². The lowest BCUT2D eigenvalue weighted by Gasteiger charge is -2.17. The van der Waals surface area contributed by atoms with Crippen molar-refractivity contribution >= 4 is 17.7 Å². The summed E-state index contributed by atoms with van der Waals surface area (Å²) in [6, 6.07) is 0. The summed E-state index contributed by atoms with van der Waals surface area (Å²) >= 11 is 1.48. The molecular formula is C9H13NO2S. The monoisotopic (exact) mass is 199 g/mol. The van der Waals surface area contributed by atoms with E-state index in [1.807, 2.05) is 6.26 Å². The zero-order valence-corrected chi connectivity index (χ0v) is 8.43. The minimum absolute atomic E-state index is 0.0543. The molecule has 1 heterocycles. The standard InChI is InChI=1S/C9H13NO2S/c1-3-9(12)4-5-10(7-9)8(11)6-13-2/h1,12H,4-7H2,2H3. The molecule has 1 unspecified atom stereocenters. The molecule has 0 bridgehead atoms. The molecule has 0 radical (unpaired) electrons. The van der Waals surface area contributed by atoms with Gasteiger partial charge >= 0.3 is 0 Å². The van der Waals surface area contributed by atoms with E-state index in [4.69, 9.17) is 6.42 Å². The number of aliphatic hydroxyl groups is 1. The third kappa shape index (κ3) is 2.39. The van der Waals surface area contributed by atoms with Gasteiger partial charge in [0.2, 0.25) is 5.91 Å². The summed E-state index contributed by atoms with van der Waals surface area (Å²) in [6.45, 7) is 0.850. The topological polar surface area (TPSA) is 40.5 Å². The smallest absolute Gasteiger partial charge is 0.232 e. The zero-order chi connectivity index (χ0) is 9.90. The lowest BCUT2D eigenvalue weighted by atomic mass is 10.1. The van der Waals surface area contributed by atoms with Crippen LogP contribution in [0.1, 0.15) is 6.42 Å². The van der Waals surface area contributed by atoms with E-state index >= 15 is 0 Å². The van der Waals surface area contributed by atoms with Crippen molar-refractivity contribution in [3.05, 3.63) is 0 Å². The van der Waals surface area contributed by atoms with Crippen LogP contribution in [0.25, 0.3) is 0 Å².